The van der Waals surface area contributed by atoms with E-state index in [1.54, 1.807) is 32.0 Å². The summed E-state index contributed by atoms with van der Waals surface area (Å²) in [5.74, 6) is -1.11. The summed E-state index contributed by atoms with van der Waals surface area (Å²) >= 11 is 0. The lowest BCUT2D eigenvalue weighted by molar-refractivity contribution is -0.126. The van der Waals surface area contributed by atoms with Crippen LogP contribution >= 0.6 is 0 Å². The van der Waals surface area contributed by atoms with E-state index in [1.165, 1.54) is 10.4 Å². The number of aromatic nitrogens is 2. The fourth-order valence-electron chi connectivity index (χ4n) is 3.39. The Hall–Kier alpha value is -2.26. The minimum absolute atomic E-state index is 0.0781. The molecule has 1 unspecified atom stereocenters. The lowest BCUT2D eigenvalue weighted by Crippen LogP contribution is -2.45. The fraction of sp³-hybridized carbons (Fsp3) is 0.444. The molecule has 1 fully saturated rings. The van der Waals surface area contributed by atoms with Gasteiger partial charge in [-0.1, -0.05) is 18.2 Å². The molecule has 9 heteroatoms. The van der Waals surface area contributed by atoms with Crippen LogP contribution in [-0.4, -0.2) is 41.9 Å². The van der Waals surface area contributed by atoms with Crippen LogP contribution in [0.5, 0.6) is 0 Å². The van der Waals surface area contributed by atoms with Crippen molar-refractivity contribution in [2.45, 2.75) is 38.1 Å². The number of aryl methyl sites for hydroxylation is 2. The van der Waals surface area contributed by atoms with E-state index in [4.69, 9.17) is 0 Å². The molecule has 1 amide bonds. The molecule has 3 rings (SSSR count). The molecule has 2 aromatic rings. The van der Waals surface area contributed by atoms with Gasteiger partial charge in [0.15, 0.2) is 0 Å². The van der Waals surface area contributed by atoms with E-state index in [0.717, 1.165) is 0 Å². The third kappa shape index (κ3) is 4.03. The molecule has 1 aromatic heterocycles. The Morgan fingerprint density at radius 3 is 2.78 bits per heavy atom. The molecule has 1 atom stereocenters. The molecule has 1 aliphatic heterocycles. The number of carbonyl (C=O) groups excluding carboxylic acids is 1. The van der Waals surface area contributed by atoms with Gasteiger partial charge in [0, 0.05) is 25.2 Å². The first-order valence-electron chi connectivity index (χ1n) is 8.83. The van der Waals surface area contributed by atoms with Crippen molar-refractivity contribution < 1.29 is 17.6 Å². The van der Waals surface area contributed by atoms with Crippen molar-refractivity contribution in [3.05, 3.63) is 47.0 Å². The van der Waals surface area contributed by atoms with E-state index in [1.807, 2.05) is 0 Å². The van der Waals surface area contributed by atoms with Crippen molar-refractivity contribution >= 4 is 15.9 Å². The SMILES string of the molecule is Cc1n[nH]c(C)c1S(=O)(=O)N1CCCC(C(=O)NCc2ccccc2F)C1. The summed E-state index contributed by atoms with van der Waals surface area (Å²) in [6.45, 7) is 3.85. The summed E-state index contributed by atoms with van der Waals surface area (Å²) in [5.41, 5.74) is 1.30. The summed E-state index contributed by atoms with van der Waals surface area (Å²) < 4.78 is 41.0. The number of rotatable bonds is 5. The van der Waals surface area contributed by atoms with Gasteiger partial charge in [0.25, 0.3) is 0 Å². The molecule has 1 aliphatic rings. The van der Waals surface area contributed by atoms with Gasteiger partial charge in [0.05, 0.1) is 17.3 Å². The number of carbonyl (C=O) groups is 1. The number of hydrogen-bond donors (Lipinski definition) is 2. The van der Waals surface area contributed by atoms with E-state index in [0.29, 0.717) is 36.3 Å². The first-order valence-corrected chi connectivity index (χ1v) is 10.3. The predicted octanol–water partition coefficient (Wildman–Crippen LogP) is 1.88. The quantitative estimate of drug-likeness (QED) is 0.810. The van der Waals surface area contributed by atoms with Crippen LogP contribution in [0.25, 0.3) is 0 Å². The Bertz CT molecular complexity index is 922. The molecule has 2 N–H and O–H groups in total. The number of nitrogens with one attached hydrogen (secondary N) is 2. The van der Waals surface area contributed by atoms with Gasteiger partial charge in [-0.3, -0.25) is 9.89 Å². The van der Waals surface area contributed by atoms with Gasteiger partial charge < -0.3 is 5.32 Å². The fourth-order valence-corrected chi connectivity index (χ4v) is 5.25. The zero-order valence-electron chi connectivity index (χ0n) is 15.3. The van der Waals surface area contributed by atoms with Gasteiger partial charge in [-0.25, -0.2) is 12.8 Å². The van der Waals surface area contributed by atoms with Crippen molar-refractivity contribution in [2.75, 3.05) is 13.1 Å². The maximum atomic E-state index is 13.7. The van der Waals surface area contributed by atoms with E-state index in [2.05, 4.69) is 15.5 Å². The van der Waals surface area contributed by atoms with Gasteiger partial charge in [0.1, 0.15) is 10.7 Å². The van der Waals surface area contributed by atoms with E-state index in [9.17, 15) is 17.6 Å². The number of piperidine rings is 1. The first-order chi connectivity index (χ1) is 12.8. The zero-order valence-corrected chi connectivity index (χ0v) is 16.1. The lowest BCUT2D eigenvalue weighted by Gasteiger charge is -2.31. The highest BCUT2D eigenvalue weighted by atomic mass is 32.2. The van der Waals surface area contributed by atoms with Crippen LogP contribution in [0, 0.1) is 25.6 Å². The maximum Gasteiger partial charge on any atom is 0.246 e. The Kier molecular flexibility index (Phi) is 5.61. The molecule has 0 radical (unpaired) electrons. The molecule has 0 aliphatic carbocycles. The van der Waals surface area contributed by atoms with E-state index >= 15 is 0 Å². The van der Waals surface area contributed by atoms with Crippen LogP contribution in [0.15, 0.2) is 29.2 Å². The summed E-state index contributed by atoms with van der Waals surface area (Å²) in [4.78, 5) is 12.7. The molecule has 146 valence electrons. The van der Waals surface area contributed by atoms with Crippen molar-refractivity contribution in [3.63, 3.8) is 0 Å². The summed E-state index contributed by atoms with van der Waals surface area (Å²) in [5, 5.41) is 9.37. The third-order valence-electron chi connectivity index (χ3n) is 4.82. The molecule has 0 bridgehead atoms. The number of sulfonamides is 1. The largest absolute Gasteiger partial charge is 0.352 e. The number of halogens is 1. The first kappa shape index (κ1) is 19.5. The van der Waals surface area contributed by atoms with Gasteiger partial charge in [-0.05, 0) is 32.8 Å². The van der Waals surface area contributed by atoms with Crippen LogP contribution in [0.3, 0.4) is 0 Å². The minimum Gasteiger partial charge on any atom is -0.352 e. The molecule has 0 spiro atoms. The smallest absolute Gasteiger partial charge is 0.246 e. The number of benzene rings is 1. The van der Waals surface area contributed by atoms with E-state index < -0.39 is 15.9 Å². The Morgan fingerprint density at radius 1 is 1.37 bits per heavy atom. The highest BCUT2D eigenvalue weighted by molar-refractivity contribution is 7.89. The third-order valence-corrected chi connectivity index (χ3v) is 6.95. The highest BCUT2D eigenvalue weighted by Gasteiger charge is 2.35. The Morgan fingerprint density at radius 2 is 2.11 bits per heavy atom. The van der Waals surface area contributed by atoms with Gasteiger partial charge >= 0.3 is 0 Å². The minimum atomic E-state index is -3.72. The normalized spacial score (nSPS) is 18.4. The average molecular weight is 394 g/mol. The molecule has 0 saturated carbocycles. The number of aromatic amines is 1. The van der Waals surface area contributed by atoms with Crippen LogP contribution in [-0.2, 0) is 21.4 Å². The summed E-state index contributed by atoms with van der Waals surface area (Å²) in [7, 11) is -3.72. The molecule has 1 saturated heterocycles. The lowest BCUT2D eigenvalue weighted by atomic mass is 9.98. The Balaban J connectivity index is 1.69. The van der Waals surface area contributed by atoms with Crippen LogP contribution in [0.2, 0.25) is 0 Å². The maximum absolute atomic E-state index is 13.7. The van der Waals surface area contributed by atoms with Crippen molar-refractivity contribution in [1.82, 2.24) is 19.8 Å². The molecule has 7 nitrogen and oxygen atoms in total. The number of amides is 1. The van der Waals surface area contributed by atoms with Crippen LogP contribution in [0.4, 0.5) is 4.39 Å². The summed E-state index contributed by atoms with van der Waals surface area (Å²) in [6, 6.07) is 6.24. The molecule has 27 heavy (non-hydrogen) atoms. The zero-order chi connectivity index (χ0) is 19.6. The Labute approximate surface area is 158 Å². The standard InChI is InChI=1S/C18H23FN4O3S/c1-12-17(13(2)22-21-12)27(25,26)23-9-5-7-15(11-23)18(24)20-10-14-6-3-4-8-16(14)19/h3-4,6,8,15H,5,7,9-11H2,1-2H3,(H,20,24)(H,21,22). The van der Waals surface area contributed by atoms with Gasteiger partial charge in [-0.15, -0.1) is 0 Å². The highest BCUT2D eigenvalue weighted by Crippen LogP contribution is 2.27. The van der Waals surface area contributed by atoms with E-state index in [-0.39, 0.29) is 29.7 Å². The topological polar surface area (TPSA) is 95.2 Å². The molecular weight excluding hydrogens is 371 g/mol. The number of H-pyrrole nitrogens is 1. The summed E-state index contributed by atoms with van der Waals surface area (Å²) in [6.07, 6.45) is 1.19. The van der Waals surface area contributed by atoms with Crippen molar-refractivity contribution in [1.29, 1.82) is 0 Å². The average Bonchev–Trinajstić information content (AvgIpc) is 3.00. The molecular formula is C18H23FN4O3S. The monoisotopic (exact) mass is 394 g/mol. The predicted molar refractivity (Wildman–Crippen MR) is 97.8 cm³/mol. The second-order valence-corrected chi connectivity index (χ2v) is 8.65. The molecule has 2 heterocycles. The number of nitrogens with zero attached hydrogens (tertiary/aromatic N) is 2. The van der Waals surface area contributed by atoms with Gasteiger partial charge in [0.2, 0.25) is 15.9 Å². The number of hydrogen-bond acceptors (Lipinski definition) is 4. The molecule has 1 aromatic carbocycles. The van der Waals surface area contributed by atoms with Crippen LogP contribution in [0.1, 0.15) is 29.8 Å². The van der Waals surface area contributed by atoms with Gasteiger partial charge in [-0.2, -0.15) is 9.40 Å². The second kappa shape index (κ2) is 7.77. The van der Waals surface area contributed by atoms with Crippen molar-refractivity contribution in [2.24, 2.45) is 5.92 Å². The second-order valence-electron chi connectivity index (χ2n) is 6.77. The van der Waals surface area contributed by atoms with Crippen LogP contribution < -0.4 is 5.32 Å². The van der Waals surface area contributed by atoms with Crippen molar-refractivity contribution in [3.8, 4) is 0 Å².